The highest BCUT2D eigenvalue weighted by Gasteiger charge is 2.32. The van der Waals surface area contributed by atoms with Gasteiger partial charge in [0.1, 0.15) is 40.5 Å². The number of nitrogens with one attached hydrogen (secondary N) is 5. The molecule has 2 fully saturated rings. The number of aryl methyl sites for hydroxylation is 3. The number of nitrogens with two attached hydrogens (primary N) is 5. The zero-order chi connectivity index (χ0) is 102. The van der Waals surface area contributed by atoms with Crippen LogP contribution in [0.4, 0.5) is 79.5 Å². The first-order valence-corrected chi connectivity index (χ1v) is 44.7. The van der Waals surface area contributed by atoms with Crippen LogP contribution in [0.2, 0.25) is 0 Å². The first-order chi connectivity index (χ1) is 70.0. The van der Waals surface area contributed by atoms with Crippen LogP contribution in [0, 0.1) is 36.0 Å². The van der Waals surface area contributed by atoms with E-state index in [2.05, 4.69) is 151 Å². The van der Waals surface area contributed by atoms with Gasteiger partial charge in [-0.05, 0) is 91.2 Å². The Hall–Kier alpha value is -19.4. The Morgan fingerprint density at radius 3 is 1.10 bits per heavy atom. The van der Waals surface area contributed by atoms with Crippen molar-refractivity contribution in [2.24, 2.45) is 14.1 Å². The summed E-state index contributed by atoms with van der Waals surface area (Å²) >= 11 is 0. The Balaban J connectivity index is 0.000000120. The predicted octanol–water partition coefficient (Wildman–Crippen LogP) is 9.18. The molecule has 0 saturated carbocycles. The lowest BCUT2D eigenvalue weighted by Crippen LogP contribution is -2.41. The number of nitrogens with zero attached hydrogens (tertiary/aromatic N) is 29. The number of carbonyl (C=O) groups excluding carboxylic acids is 5. The maximum atomic E-state index is 13.5. The highest BCUT2D eigenvalue weighted by Crippen LogP contribution is 2.37. The molecule has 5 amide bonds. The minimum Gasteiger partial charge on any atom is -0.381 e. The van der Waals surface area contributed by atoms with Gasteiger partial charge in [-0.3, -0.25) is 58.5 Å². The molecular weight excluding hydrogens is 1910 g/mol. The topological polar surface area (TPSA) is 615 Å². The van der Waals surface area contributed by atoms with Crippen LogP contribution in [0.15, 0.2) is 239 Å². The van der Waals surface area contributed by atoms with Gasteiger partial charge in [-0.15, -0.1) is 25.5 Å². The van der Waals surface area contributed by atoms with Crippen molar-refractivity contribution in [3.05, 3.63) is 302 Å². The normalized spacial score (nSPS) is 13.0. The number of rotatable bonds is 18. The van der Waals surface area contributed by atoms with Crippen molar-refractivity contribution in [1.29, 1.82) is 0 Å². The zero-order valence-corrected chi connectivity index (χ0v) is 77.0. The van der Waals surface area contributed by atoms with Crippen molar-refractivity contribution in [1.82, 2.24) is 142 Å². The van der Waals surface area contributed by atoms with E-state index in [4.69, 9.17) is 33.4 Å². The highest BCUT2D eigenvalue weighted by atomic mass is 32.2. The molecule has 2 aliphatic heterocycles. The highest BCUT2D eigenvalue weighted by molar-refractivity contribution is 7.89. The van der Waals surface area contributed by atoms with E-state index in [1.807, 2.05) is 31.2 Å². The predicted molar refractivity (Wildman–Crippen MR) is 516 cm³/mol. The minimum atomic E-state index is -3.49. The van der Waals surface area contributed by atoms with Gasteiger partial charge in [0.25, 0.3) is 29.5 Å². The van der Waals surface area contributed by atoms with E-state index in [1.54, 1.807) is 109 Å². The summed E-state index contributed by atoms with van der Waals surface area (Å²) in [4.78, 5) is 119. The lowest BCUT2D eigenvalue weighted by atomic mass is 9.99. The molecule has 0 bridgehead atoms. The molecule has 18 aromatic heterocycles. The summed E-state index contributed by atoms with van der Waals surface area (Å²) in [5.41, 5.74) is 40.8. The van der Waals surface area contributed by atoms with Crippen molar-refractivity contribution in [2.45, 2.75) is 24.3 Å². The number of carbonyl (C=O) groups is 5. The first-order valence-electron chi connectivity index (χ1n) is 43.3. The van der Waals surface area contributed by atoms with E-state index < -0.39 is 68.6 Å². The number of anilines is 10. The molecule has 1 atom stereocenters. The number of nitrogen functional groups attached to an aromatic ring is 5. The maximum Gasteiger partial charge on any atom is 0.263 e. The standard InChI is InChI=1S/C23H22FN7O2.C21H18FN7O3S.C17H13FN8O.C16H13FN8O.C15H12FN9O/c1-30-8-9-33-13-19(30)15-4-2-14(3-5-15)17-6-7-26-11-18(17)28-23(32)20-21(25)29-31-12-16(24)10-27-22(20)31;22-14-10-25-20-18(19(23)27-29(20)12-14)21(30)26-17-11-24-7-6-16(17)13-2-4-15(5-3-13)33(31,32)28-8-1-9-28;1-9-4-21-8-23-14(9)11-2-3-20-6-12(11)24-17(27)13-15(19)25-26-7-10(18)5-22-16(13)26;1-24-5-3-11(22-24)10-2-4-19-7-12(10)21-16(26)13-14(18)23-25-8-9(17)6-20-15(13)25;1-24-13(20-7-21-24)9-2-3-18-5-10(9)22-15(26)11-12(17)23-25-6-8(16)4-19-14(11)25/h2-7,10-12,19H,8-9,13H2,1H3,(H2,25,29)(H,28,32);2-7,10-12H,1,8-9H2,(H2,23,27)(H,26,30);2-8H,1H3,(H2,19,25)(H,24,27);2-8H,1H3,(H2,18,23)(H,21,26);2-7H,1H3,(H2,17,23)(H,22,26)/t19-;;;;/m1..../s1. The number of sulfonamides is 1. The van der Waals surface area contributed by atoms with Crippen LogP contribution in [-0.2, 0) is 28.9 Å². The minimum absolute atomic E-state index is 0.000734. The van der Waals surface area contributed by atoms with Crippen LogP contribution >= 0.6 is 0 Å². The van der Waals surface area contributed by atoms with Gasteiger partial charge in [-0.2, -0.15) is 14.5 Å². The molecule has 0 spiro atoms. The Labute approximate surface area is 813 Å². The summed E-state index contributed by atoms with van der Waals surface area (Å²) in [6.07, 6.45) is 33.1. The molecule has 730 valence electrons. The van der Waals surface area contributed by atoms with Gasteiger partial charge in [0.2, 0.25) is 10.0 Å². The Kier molecular flexibility index (Phi) is 27.0. The molecule has 0 radical (unpaired) electrons. The second kappa shape index (κ2) is 40.9. The molecule has 0 aliphatic carbocycles. The number of halogens is 5. The second-order valence-electron chi connectivity index (χ2n) is 32.0. The molecule has 53 heteroatoms. The fourth-order valence-electron chi connectivity index (χ4n) is 15.4. The van der Waals surface area contributed by atoms with E-state index >= 15 is 0 Å². The van der Waals surface area contributed by atoms with Gasteiger partial charge in [-0.25, -0.2) is 97.5 Å². The summed E-state index contributed by atoms with van der Waals surface area (Å²) in [5, 5.41) is 41.8. The lowest BCUT2D eigenvalue weighted by Gasteiger charge is -2.32. The van der Waals surface area contributed by atoms with Crippen molar-refractivity contribution in [3.8, 4) is 56.2 Å². The number of aromatic nitrogens is 27. The molecule has 145 heavy (non-hydrogen) atoms. The van der Waals surface area contributed by atoms with Gasteiger partial charge < -0.3 is 60.0 Å². The molecule has 0 unspecified atom stereocenters. The van der Waals surface area contributed by atoms with Crippen LogP contribution in [0.5, 0.6) is 0 Å². The van der Waals surface area contributed by atoms with Crippen LogP contribution in [0.25, 0.3) is 84.4 Å². The number of hydrogen-bond donors (Lipinski definition) is 10. The fourth-order valence-corrected chi connectivity index (χ4v) is 17.0. The third-order valence-corrected chi connectivity index (χ3v) is 24.4. The summed E-state index contributed by atoms with van der Waals surface area (Å²) in [6.45, 7) is 5.21. The first kappa shape index (κ1) is 95.8. The number of fused-ring (bicyclic) bond motifs is 5. The van der Waals surface area contributed by atoms with Gasteiger partial charge in [0.15, 0.2) is 92.2 Å². The van der Waals surface area contributed by atoms with Gasteiger partial charge in [0.05, 0.1) is 157 Å². The summed E-state index contributed by atoms with van der Waals surface area (Å²) in [5.74, 6) is -5.45. The second-order valence-corrected chi connectivity index (χ2v) is 33.9. The average Bonchev–Trinajstić information content (AvgIpc) is 1.29. The third-order valence-electron chi connectivity index (χ3n) is 22.5. The number of morpholine rings is 1. The van der Waals surface area contributed by atoms with E-state index in [0.29, 0.717) is 93.2 Å². The summed E-state index contributed by atoms with van der Waals surface area (Å²) in [6, 6.07) is 25.3. The van der Waals surface area contributed by atoms with Crippen molar-refractivity contribution in [2.75, 3.05) is 95.1 Å². The molecule has 22 rings (SSSR count). The molecule has 15 N–H and O–H groups in total. The van der Waals surface area contributed by atoms with Crippen molar-refractivity contribution >= 4 is 125 Å². The molecule has 20 aromatic rings. The number of benzene rings is 2. The quantitative estimate of drug-likeness (QED) is 0.0358. The average molecular weight is 1980 g/mol. The lowest BCUT2D eigenvalue weighted by molar-refractivity contribution is 0.00506. The summed E-state index contributed by atoms with van der Waals surface area (Å²) in [7, 11) is 2.13. The summed E-state index contributed by atoms with van der Waals surface area (Å²) < 4.78 is 108. The zero-order valence-electron chi connectivity index (χ0n) is 76.2. The molecule has 2 saturated heterocycles. The van der Waals surface area contributed by atoms with E-state index in [1.165, 1.54) is 53.9 Å². The van der Waals surface area contributed by atoms with Crippen LogP contribution < -0.4 is 55.3 Å². The maximum absolute atomic E-state index is 13.5. The number of amides is 5. The largest absolute Gasteiger partial charge is 0.381 e. The van der Waals surface area contributed by atoms with Gasteiger partial charge in [0, 0.05) is 105 Å². The Morgan fingerprint density at radius 2 is 0.752 bits per heavy atom. The monoisotopic (exact) mass is 1980 g/mol. The van der Waals surface area contributed by atoms with E-state index in [0.717, 1.165) is 126 Å². The van der Waals surface area contributed by atoms with Crippen molar-refractivity contribution < 1.29 is 59.1 Å². The van der Waals surface area contributed by atoms with Crippen LogP contribution in [0.1, 0.15) is 75.4 Å². The molecule has 20 heterocycles. The van der Waals surface area contributed by atoms with Crippen molar-refractivity contribution in [3.63, 3.8) is 0 Å². The Morgan fingerprint density at radius 1 is 0.393 bits per heavy atom. The molecule has 47 nitrogen and oxygen atoms in total. The van der Waals surface area contributed by atoms with E-state index in [9.17, 15) is 54.3 Å². The Bertz CT molecular complexity index is 8510. The van der Waals surface area contributed by atoms with E-state index in [-0.39, 0.29) is 96.1 Å². The number of pyridine rings is 5. The number of likely N-dealkylation sites (N-methyl/N-ethyl adjacent to an activating group) is 1. The molecule has 2 aliphatic rings. The molecule has 2 aromatic carbocycles. The third kappa shape index (κ3) is 20.3. The SMILES string of the molecule is CN1CCOC[C@@H]1c1ccc(-c2ccncc2NC(=O)c2c(N)nn3cc(F)cnc23)cc1.Cc1cncnc1-c1ccncc1NC(=O)c1c(N)nn2cc(F)cnc12.Cn1ccc(-c2ccncc2NC(=O)c2c(N)nn3cc(F)cnc23)n1.Cn1ncnc1-c1ccncc1NC(=O)c1c(N)nn2cc(F)cnc12.Nc1nn2cc(F)cnc2c1C(=O)Nc1cnccc1-c1ccc(S(=O)(=O)N2CCC2)cc1. The van der Waals surface area contributed by atoms with Gasteiger partial charge in [-0.1, -0.05) is 36.4 Å². The number of hydrogen-bond acceptors (Lipinski definition) is 34. The molecular formula is C92H78F5N39O8S. The smallest absolute Gasteiger partial charge is 0.263 e. The van der Waals surface area contributed by atoms with Gasteiger partial charge >= 0.3 is 0 Å². The fraction of sp³-hybridized carbons (Fsp3) is 0.120. The number of ether oxygens (including phenoxy) is 1. The van der Waals surface area contributed by atoms with Crippen LogP contribution in [0.3, 0.4) is 0 Å². The van der Waals surface area contributed by atoms with Crippen LogP contribution in [-0.4, -0.2) is 219 Å².